The average molecular weight is 208 g/mol. The van der Waals surface area contributed by atoms with Gasteiger partial charge in [-0.15, -0.1) is 17.0 Å². The van der Waals surface area contributed by atoms with E-state index < -0.39 is 0 Å². The molecular weight excluding hydrogens is 200 g/mol. The van der Waals surface area contributed by atoms with Gasteiger partial charge in [-0.25, -0.2) is 0 Å². The number of rotatable bonds is 1. The van der Waals surface area contributed by atoms with Gasteiger partial charge in [0, 0.05) is 0 Å². The first kappa shape index (κ1) is 23.0. The zero-order chi connectivity index (χ0) is 4.12. The normalized spacial score (nSPS) is 4.00. The monoisotopic (exact) mass is 206 g/mol. The van der Waals surface area contributed by atoms with Gasteiger partial charge in [0.1, 0.15) is 0 Å². The number of unbranched alkanes of at least 4 members (excludes halogenated alkanes) is 1. The quantitative estimate of drug-likeness (QED) is 0.281. The van der Waals surface area contributed by atoms with Crippen LogP contribution in [-0.2, 0) is 0 Å². The smallest absolute Gasteiger partial charge is 1.00 e. The van der Waals surface area contributed by atoms with Gasteiger partial charge >= 0.3 is 23.1 Å². The van der Waals surface area contributed by atoms with Crippen molar-refractivity contribution in [2.24, 2.45) is 0 Å². The van der Waals surface area contributed by atoms with Crippen LogP contribution in [0.1, 0.15) is 19.8 Å². The summed E-state index contributed by atoms with van der Waals surface area (Å²) in [7, 11) is 0. The van der Waals surface area contributed by atoms with Crippen LogP contribution >= 0.6 is 17.0 Å². The second kappa shape index (κ2) is 24.3. The Labute approximate surface area is 84.1 Å². The molecule has 0 saturated carbocycles. The molecule has 0 spiro atoms. The molecule has 0 aliphatic carbocycles. The van der Waals surface area contributed by atoms with Gasteiger partial charge in [0.05, 0.1) is 0 Å². The maximum absolute atomic E-state index is 6.35. The topological polar surface area (TPSA) is 0 Å². The van der Waals surface area contributed by atoms with Crippen LogP contribution in [0, 0.1) is 12.3 Å². The van der Waals surface area contributed by atoms with E-state index in [9.17, 15) is 0 Å². The summed E-state index contributed by atoms with van der Waals surface area (Å²) in [4.78, 5) is 0. The Morgan fingerprint density at radius 3 is 1.88 bits per heavy atom. The summed E-state index contributed by atoms with van der Waals surface area (Å²) in [5.74, 6) is 2.27. The molecule has 0 atom stereocenters. The Bertz CT molecular complexity index is 50.9. The van der Waals surface area contributed by atoms with Crippen LogP contribution in [0.2, 0.25) is 0 Å². The third kappa shape index (κ3) is 27.5. The van der Waals surface area contributed by atoms with Crippen molar-refractivity contribution in [1.82, 2.24) is 0 Å². The largest absolute Gasteiger partial charge is 2.00 e. The van der Waals surface area contributed by atoms with Crippen LogP contribution in [0.5, 0.6) is 0 Å². The van der Waals surface area contributed by atoms with E-state index in [1.165, 1.54) is 0 Å². The molecular formula is C5H8BrClMg. The molecule has 0 heterocycles. The summed E-state index contributed by atoms with van der Waals surface area (Å²) in [6.45, 7) is 2.03. The van der Waals surface area contributed by atoms with Crippen molar-refractivity contribution in [3.63, 3.8) is 0 Å². The second-order valence-corrected chi connectivity index (χ2v) is 0.927. The molecule has 0 saturated heterocycles. The summed E-state index contributed by atoms with van der Waals surface area (Å²) < 4.78 is 0. The molecule has 0 radical (unpaired) electrons. The summed E-state index contributed by atoms with van der Waals surface area (Å²) >= 11 is 0. The molecule has 0 nitrogen and oxygen atoms in total. The number of halogens is 2. The van der Waals surface area contributed by atoms with E-state index >= 15 is 0 Å². The maximum Gasteiger partial charge on any atom is 2.00 e. The second-order valence-electron chi connectivity index (χ2n) is 0.927. The minimum atomic E-state index is 0. The summed E-state index contributed by atoms with van der Waals surface area (Å²) in [5.41, 5.74) is 0. The molecule has 0 aliphatic rings. The number of hydrogen-bond acceptors (Lipinski definition) is 0. The van der Waals surface area contributed by atoms with Gasteiger partial charge in [0.15, 0.2) is 0 Å². The van der Waals surface area contributed by atoms with Crippen LogP contribution in [0.3, 0.4) is 0 Å². The van der Waals surface area contributed by atoms with E-state index in [-0.39, 0.29) is 52.4 Å². The first-order valence-corrected chi connectivity index (χ1v) is 1.81. The van der Waals surface area contributed by atoms with Crippen molar-refractivity contribution in [1.29, 1.82) is 0 Å². The van der Waals surface area contributed by atoms with Crippen LogP contribution < -0.4 is 12.4 Å². The van der Waals surface area contributed by atoms with Crippen LogP contribution in [0.4, 0.5) is 0 Å². The molecule has 0 aliphatic heterocycles. The third-order valence-corrected chi connectivity index (χ3v) is 0.375. The molecule has 3 heteroatoms. The van der Waals surface area contributed by atoms with Gasteiger partial charge in [-0.3, -0.25) is 0 Å². The minimum Gasteiger partial charge on any atom is -1.00 e. The molecule has 0 unspecified atom stereocenters. The summed E-state index contributed by atoms with van der Waals surface area (Å²) in [5, 5.41) is 0. The molecule has 0 aromatic rings. The summed E-state index contributed by atoms with van der Waals surface area (Å²) in [6.07, 6.45) is 8.20. The maximum atomic E-state index is 6.35. The Morgan fingerprint density at radius 2 is 1.88 bits per heavy atom. The van der Waals surface area contributed by atoms with E-state index in [0.717, 1.165) is 12.8 Å². The molecule has 0 fully saturated rings. The fraction of sp³-hybridized carbons (Fsp3) is 0.600. The molecule has 0 aromatic heterocycles. The zero-order valence-electron chi connectivity index (χ0n) is 4.91. The Morgan fingerprint density at radius 1 is 1.50 bits per heavy atom. The predicted octanol–water partition coefficient (Wildman–Crippen LogP) is -1.42. The first-order chi connectivity index (χ1) is 2.41. The van der Waals surface area contributed by atoms with Crippen LogP contribution in [0.25, 0.3) is 0 Å². The van der Waals surface area contributed by atoms with Gasteiger partial charge in [-0.2, -0.15) is 0 Å². The SMILES string of the molecule is Br.[C-]#CCCC.[Cl-].[Mg+2]. The van der Waals surface area contributed by atoms with Crippen molar-refractivity contribution in [2.45, 2.75) is 19.8 Å². The van der Waals surface area contributed by atoms with E-state index in [1.54, 1.807) is 0 Å². The molecule has 0 amide bonds. The van der Waals surface area contributed by atoms with E-state index in [4.69, 9.17) is 6.42 Å². The number of hydrogen-bond donors (Lipinski definition) is 0. The van der Waals surface area contributed by atoms with Crippen molar-refractivity contribution >= 4 is 40.0 Å². The van der Waals surface area contributed by atoms with E-state index in [0.29, 0.717) is 0 Å². The van der Waals surface area contributed by atoms with Crippen molar-refractivity contribution < 1.29 is 12.4 Å². The van der Waals surface area contributed by atoms with Gasteiger partial charge in [0.2, 0.25) is 0 Å². The third-order valence-electron chi connectivity index (χ3n) is 0.375. The minimum absolute atomic E-state index is 0. The van der Waals surface area contributed by atoms with E-state index in [1.807, 2.05) is 6.92 Å². The van der Waals surface area contributed by atoms with Gasteiger partial charge in [0.25, 0.3) is 0 Å². The molecule has 0 N–H and O–H groups in total. The fourth-order valence-electron chi connectivity index (χ4n) is 0.125. The average Bonchev–Trinajstić information content (AvgIpc) is 1.41. The first-order valence-electron chi connectivity index (χ1n) is 1.81. The summed E-state index contributed by atoms with van der Waals surface area (Å²) in [6, 6.07) is 0. The van der Waals surface area contributed by atoms with Crippen LogP contribution in [0.15, 0.2) is 0 Å². The molecule has 0 aromatic carbocycles. The van der Waals surface area contributed by atoms with Crippen molar-refractivity contribution in [2.75, 3.05) is 0 Å². The van der Waals surface area contributed by atoms with Gasteiger partial charge < -0.3 is 24.8 Å². The fourth-order valence-corrected chi connectivity index (χ4v) is 0.125. The zero-order valence-corrected chi connectivity index (χ0v) is 8.79. The van der Waals surface area contributed by atoms with E-state index in [2.05, 4.69) is 5.92 Å². The standard InChI is InChI=1S/C5H7.BrH.ClH.Mg/c1-3-5-4-2;;;/h3,5H2,1H3;2*1H;/q-1;;;+2/p-1. The van der Waals surface area contributed by atoms with Crippen molar-refractivity contribution in [3.05, 3.63) is 6.42 Å². The molecule has 8 heavy (non-hydrogen) atoms. The Balaban J connectivity index is -0.0000000267. The molecule has 44 valence electrons. The predicted molar refractivity (Wildman–Crippen MR) is 38.1 cm³/mol. The Hall–Kier alpha value is 1.10. The molecule has 0 rings (SSSR count). The van der Waals surface area contributed by atoms with Crippen molar-refractivity contribution in [3.8, 4) is 5.92 Å². The van der Waals surface area contributed by atoms with Gasteiger partial charge in [-0.05, 0) is 12.8 Å². The van der Waals surface area contributed by atoms with Gasteiger partial charge in [-0.1, -0.05) is 6.92 Å². The Kier molecular flexibility index (Phi) is 69.7. The molecule has 0 bridgehead atoms. The van der Waals surface area contributed by atoms with Crippen LogP contribution in [-0.4, -0.2) is 23.1 Å².